The number of Topliss-reactive ketones (excluding diaryl/α,β-unsaturated/α-hetero) is 2. The number of imide groups is 1. The van der Waals surface area contributed by atoms with Gasteiger partial charge >= 0.3 is 17.9 Å². The van der Waals surface area contributed by atoms with Crippen LogP contribution in [0.4, 0.5) is 5.69 Å². The summed E-state index contributed by atoms with van der Waals surface area (Å²) in [5.74, 6) is -9.21. The number of hydrogen-bond acceptors (Lipinski definition) is 13. The standard InChI is InChI=1S/C32H37N3O11/c1-14(36)33-31(42)25-28(44-15(2)37)26(35(7)8)20-13-18-12-19-21(34(5)6)10-11-22(43-9)24(19)27(40)23(18)30(45-16(3)38)32(20,29(25)41)46-17(4)39/h10-11,18,20,26H,12-13H2,1-9H3,(H,33,36,42)/t18-,20-,26-,32+/m0/s1. The van der Waals surface area contributed by atoms with E-state index in [9.17, 15) is 33.6 Å². The van der Waals surface area contributed by atoms with Crippen LogP contribution in [0.5, 0.6) is 5.75 Å². The lowest BCUT2D eigenvalue weighted by Gasteiger charge is -2.52. The summed E-state index contributed by atoms with van der Waals surface area (Å²) in [6, 6.07) is 2.31. The molecular formula is C32H37N3O11. The first kappa shape index (κ1) is 34.0. The molecule has 0 aromatic heterocycles. The maximum Gasteiger partial charge on any atom is 0.307 e. The Kier molecular flexibility index (Phi) is 9.25. The summed E-state index contributed by atoms with van der Waals surface area (Å²) in [7, 11) is 8.21. The number of likely N-dealkylation sites (N-methyl/N-ethyl adjacent to an activating group) is 1. The van der Waals surface area contributed by atoms with Crippen LogP contribution in [0.25, 0.3) is 0 Å². The maximum atomic E-state index is 14.8. The third-order valence-electron chi connectivity index (χ3n) is 8.26. The summed E-state index contributed by atoms with van der Waals surface area (Å²) in [4.78, 5) is 96.2. The highest BCUT2D eigenvalue weighted by molar-refractivity contribution is 6.27. The summed E-state index contributed by atoms with van der Waals surface area (Å²) in [5.41, 5.74) is -1.87. The molecule has 0 heterocycles. The van der Waals surface area contributed by atoms with E-state index in [1.807, 2.05) is 30.4 Å². The fourth-order valence-electron chi connectivity index (χ4n) is 6.88. The summed E-state index contributed by atoms with van der Waals surface area (Å²) in [5, 5.41) is 2.02. The quantitative estimate of drug-likeness (QED) is 0.257. The molecule has 4 rings (SSSR count). The lowest BCUT2D eigenvalue weighted by Crippen LogP contribution is -2.66. The molecule has 246 valence electrons. The Morgan fingerprint density at radius 2 is 1.54 bits per heavy atom. The molecule has 0 saturated carbocycles. The average molecular weight is 640 g/mol. The zero-order valence-corrected chi connectivity index (χ0v) is 27.2. The van der Waals surface area contributed by atoms with Crippen LogP contribution in [-0.4, -0.2) is 93.1 Å². The number of allylic oxidation sites excluding steroid dienone is 1. The maximum absolute atomic E-state index is 14.8. The van der Waals surface area contributed by atoms with Crippen molar-refractivity contribution in [2.45, 2.75) is 52.2 Å². The number of nitrogens with one attached hydrogen (secondary N) is 1. The molecule has 0 radical (unpaired) electrons. The van der Waals surface area contributed by atoms with Gasteiger partial charge < -0.3 is 23.8 Å². The summed E-state index contributed by atoms with van der Waals surface area (Å²) < 4.78 is 22.6. The minimum absolute atomic E-state index is 0.0103. The van der Waals surface area contributed by atoms with Gasteiger partial charge in [-0.25, -0.2) is 0 Å². The van der Waals surface area contributed by atoms with Crippen molar-refractivity contribution < 1.29 is 52.5 Å². The monoisotopic (exact) mass is 639 g/mol. The predicted octanol–water partition coefficient (Wildman–Crippen LogP) is 1.25. The van der Waals surface area contributed by atoms with Gasteiger partial charge in [0, 0.05) is 59.0 Å². The fourth-order valence-corrected chi connectivity index (χ4v) is 6.88. The smallest absolute Gasteiger partial charge is 0.307 e. The first-order valence-electron chi connectivity index (χ1n) is 14.5. The molecule has 0 saturated heterocycles. The van der Waals surface area contributed by atoms with E-state index in [4.69, 9.17) is 18.9 Å². The molecule has 1 aromatic carbocycles. The number of nitrogens with zero attached hydrogens (tertiary/aromatic N) is 2. The topological polar surface area (TPSA) is 175 Å². The molecule has 0 aliphatic heterocycles. The Hall–Kier alpha value is -4.85. The van der Waals surface area contributed by atoms with Crippen molar-refractivity contribution in [1.82, 2.24) is 10.2 Å². The number of esters is 3. The van der Waals surface area contributed by atoms with E-state index in [0.29, 0.717) is 5.56 Å². The summed E-state index contributed by atoms with van der Waals surface area (Å²) in [6.07, 6.45) is 0.223. The zero-order chi connectivity index (χ0) is 34.4. The highest BCUT2D eigenvalue weighted by Gasteiger charge is 2.68. The number of rotatable bonds is 7. The van der Waals surface area contributed by atoms with Crippen molar-refractivity contribution in [3.05, 3.63) is 45.9 Å². The summed E-state index contributed by atoms with van der Waals surface area (Å²) >= 11 is 0. The van der Waals surface area contributed by atoms with Crippen LogP contribution in [-0.2, 0) is 49.4 Å². The van der Waals surface area contributed by atoms with Crippen molar-refractivity contribution in [2.24, 2.45) is 11.8 Å². The lowest BCUT2D eigenvalue weighted by atomic mass is 9.58. The van der Waals surface area contributed by atoms with Crippen molar-refractivity contribution in [3.8, 4) is 5.75 Å². The number of carbonyl (C=O) groups excluding carboxylic acids is 7. The van der Waals surface area contributed by atoms with E-state index in [-0.39, 0.29) is 35.5 Å². The third-order valence-corrected chi connectivity index (χ3v) is 8.26. The van der Waals surface area contributed by atoms with Crippen LogP contribution in [0.3, 0.4) is 0 Å². The molecule has 14 nitrogen and oxygen atoms in total. The molecular weight excluding hydrogens is 602 g/mol. The largest absolute Gasteiger partial charge is 0.496 e. The summed E-state index contributed by atoms with van der Waals surface area (Å²) in [6.45, 7) is 4.20. The van der Waals surface area contributed by atoms with Crippen LogP contribution in [0.2, 0.25) is 0 Å². The number of hydrogen-bond donors (Lipinski definition) is 1. The second kappa shape index (κ2) is 12.5. The van der Waals surface area contributed by atoms with Crippen LogP contribution >= 0.6 is 0 Å². The number of fused-ring (bicyclic) bond motifs is 3. The van der Waals surface area contributed by atoms with Gasteiger partial charge in [-0.1, -0.05) is 0 Å². The van der Waals surface area contributed by atoms with Gasteiger partial charge in [-0.3, -0.25) is 43.8 Å². The first-order valence-corrected chi connectivity index (χ1v) is 14.5. The van der Waals surface area contributed by atoms with E-state index >= 15 is 0 Å². The fraction of sp³-hybridized carbons (Fsp3) is 0.469. The van der Waals surface area contributed by atoms with E-state index < -0.39 is 76.1 Å². The molecule has 2 amide bonds. The minimum atomic E-state index is -2.55. The zero-order valence-electron chi connectivity index (χ0n) is 27.2. The Morgan fingerprint density at radius 1 is 0.913 bits per heavy atom. The Morgan fingerprint density at radius 3 is 2.04 bits per heavy atom. The van der Waals surface area contributed by atoms with Crippen molar-refractivity contribution in [2.75, 3.05) is 40.2 Å². The molecule has 0 spiro atoms. The number of ketones is 2. The van der Waals surface area contributed by atoms with Crippen LogP contribution in [0.15, 0.2) is 34.8 Å². The van der Waals surface area contributed by atoms with Crippen molar-refractivity contribution in [1.29, 1.82) is 0 Å². The average Bonchev–Trinajstić information content (AvgIpc) is 2.92. The van der Waals surface area contributed by atoms with E-state index in [1.54, 1.807) is 25.1 Å². The molecule has 4 atom stereocenters. The highest BCUT2D eigenvalue weighted by Crippen LogP contribution is 2.56. The number of anilines is 1. The van der Waals surface area contributed by atoms with Gasteiger partial charge in [0.05, 0.1) is 18.7 Å². The number of carbonyl (C=O) groups is 7. The van der Waals surface area contributed by atoms with Crippen molar-refractivity contribution >= 4 is 47.0 Å². The van der Waals surface area contributed by atoms with E-state index in [0.717, 1.165) is 33.4 Å². The molecule has 0 fully saturated rings. The number of methoxy groups -OCH3 is 1. The molecule has 1 aromatic rings. The first-order chi connectivity index (χ1) is 21.5. The predicted molar refractivity (Wildman–Crippen MR) is 160 cm³/mol. The van der Waals surface area contributed by atoms with Gasteiger partial charge in [-0.15, -0.1) is 0 Å². The Bertz CT molecular complexity index is 1640. The van der Waals surface area contributed by atoms with Crippen LogP contribution in [0.1, 0.15) is 50.0 Å². The highest BCUT2D eigenvalue weighted by atomic mass is 16.6. The molecule has 0 bridgehead atoms. The number of benzene rings is 1. The minimum Gasteiger partial charge on any atom is -0.496 e. The van der Waals surface area contributed by atoms with Gasteiger partial charge in [0.15, 0.2) is 11.5 Å². The molecule has 0 unspecified atom stereocenters. The second-order valence-corrected chi connectivity index (χ2v) is 11.9. The third kappa shape index (κ3) is 5.57. The molecule has 14 heteroatoms. The molecule has 3 aliphatic rings. The second-order valence-electron chi connectivity index (χ2n) is 11.9. The van der Waals surface area contributed by atoms with Crippen LogP contribution < -0.4 is 15.0 Å². The molecule has 1 N–H and O–H groups in total. The molecule has 46 heavy (non-hydrogen) atoms. The Balaban J connectivity index is 2.18. The van der Waals surface area contributed by atoms with Gasteiger partial charge in [0.25, 0.3) is 5.91 Å². The Labute approximate surface area is 265 Å². The van der Waals surface area contributed by atoms with Gasteiger partial charge in [0.1, 0.15) is 17.1 Å². The number of amides is 2. The normalized spacial score (nSPS) is 23.6. The van der Waals surface area contributed by atoms with E-state index in [1.165, 1.54) is 7.11 Å². The van der Waals surface area contributed by atoms with Gasteiger partial charge in [-0.05, 0) is 50.6 Å². The van der Waals surface area contributed by atoms with Crippen molar-refractivity contribution in [3.63, 3.8) is 0 Å². The van der Waals surface area contributed by atoms with Gasteiger partial charge in [-0.2, -0.15) is 0 Å². The van der Waals surface area contributed by atoms with E-state index in [2.05, 4.69) is 0 Å². The number of ether oxygens (including phenoxy) is 4. The van der Waals surface area contributed by atoms with Gasteiger partial charge in [0.2, 0.25) is 17.3 Å². The lowest BCUT2D eigenvalue weighted by molar-refractivity contribution is -0.181. The molecule has 3 aliphatic carbocycles. The SMILES string of the molecule is COc1ccc(N(C)C)c2c1C(=O)C1=C(OC(C)=O)[C@]3(OC(C)=O)C(=O)C(C(=O)NC(C)=O)=C(OC(C)=O)[C@@H](N(C)C)[C@@H]3C[C@@H]1C2. The van der Waals surface area contributed by atoms with Crippen LogP contribution in [0, 0.1) is 11.8 Å².